The third-order valence-corrected chi connectivity index (χ3v) is 7.12. The fraction of sp³-hybridized carbons (Fsp3) is 0.722. The van der Waals surface area contributed by atoms with Crippen molar-refractivity contribution in [3.8, 4) is 0 Å². The fourth-order valence-corrected chi connectivity index (χ4v) is 3.68. The Bertz CT molecular complexity index is 1140. The van der Waals surface area contributed by atoms with Crippen molar-refractivity contribution in [1.29, 1.82) is 0 Å². The van der Waals surface area contributed by atoms with Crippen LogP contribution in [0.4, 0.5) is 0 Å². The fourth-order valence-electron chi connectivity index (χ4n) is 3.68. The summed E-state index contributed by atoms with van der Waals surface area (Å²) in [5, 5.41) is 19.5. The van der Waals surface area contributed by atoms with Crippen LogP contribution < -0.4 is 16.0 Å². The molecule has 0 radical (unpaired) electrons. The first-order valence-electron chi connectivity index (χ1n) is 17.3. The van der Waals surface area contributed by atoms with E-state index in [1.54, 1.807) is 41.5 Å². The van der Waals surface area contributed by atoms with Crippen LogP contribution in [0.3, 0.4) is 0 Å². The lowest BCUT2D eigenvalue weighted by molar-refractivity contribution is -0.165. The van der Waals surface area contributed by atoms with Crippen LogP contribution in [-0.4, -0.2) is 125 Å². The van der Waals surface area contributed by atoms with Gasteiger partial charge in [0, 0.05) is 48.9 Å². The van der Waals surface area contributed by atoms with E-state index in [1.807, 2.05) is 0 Å². The lowest BCUT2D eigenvalue weighted by atomic mass is 9.92. The number of aliphatic hydroxyl groups excluding tert-OH is 1. The van der Waals surface area contributed by atoms with Crippen molar-refractivity contribution in [3.63, 3.8) is 0 Å². The van der Waals surface area contributed by atoms with E-state index in [0.717, 1.165) is 0 Å². The maximum absolute atomic E-state index is 12.6. The highest BCUT2D eigenvalue weighted by molar-refractivity contribution is 5.87. The predicted octanol–water partition coefficient (Wildman–Crippen LogP) is 1.53. The minimum atomic E-state index is -1.46. The standard InChI is InChI=1S/C36H61N3O13/c1-24(2)32(44)47-17-26(5)37-14-11-29(41)50-21-36(20-40,22-51-30(42)12-15-38-27(6)18-48-33(45)25(3)4)23-52-31(43)13-16-39-28(7)19-49-34(46)35(8,9)10/h26-28,37-40H,1,3,11-23H2,2,4-10H3. The molecule has 52 heavy (non-hydrogen) atoms. The van der Waals surface area contributed by atoms with Crippen LogP contribution in [0.1, 0.15) is 74.7 Å². The number of carbonyl (C=O) groups excluding carboxylic acids is 6. The Balaban J connectivity index is 5.13. The molecule has 298 valence electrons. The van der Waals surface area contributed by atoms with Gasteiger partial charge >= 0.3 is 35.8 Å². The quantitative estimate of drug-likeness (QED) is 0.0533. The first-order chi connectivity index (χ1) is 24.2. The van der Waals surface area contributed by atoms with Gasteiger partial charge in [0.2, 0.25) is 0 Å². The van der Waals surface area contributed by atoms with Crippen molar-refractivity contribution in [2.24, 2.45) is 10.8 Å². The van der Waals surface area contributed by atoms with Gasteiger partial charge in [-0.1, -0.05) is 13.2 Å². The molecule has 0 aromatic carbocycles. The Hall–Kier alpha value is -3.86. The zero-order valence-corrected chi connectivity index (χ0v) is 32.2. The predicted molar refractivity (Wildman–Crippen MR) is 191 cm³/mol. The average molecular weight is 744 g/mol. The summed E-state index contributed by atoms with van der Waals surface area (Å²) >= 11 is 0. The molecule has 0 rings (SSSR count). The number of ether oxygens (including phenoxy) is 6. The minimum Gasteiger partial charge on any atom is -0.465 e. The van der Waals surface area contributed by atoms with Crippen molar-refractivity contribution in [2.45, 2.75) is 92.8 Å². The third kappa shape index (κ3) is 22.9. The Morgan fingerprint density at radius 2 is 0.885 bits per heavy atom. The van der Waals surface area contributed by atoms with E-state index in [9.17, 15) is 33.9 Å². The van der Waals surface area contributed by atoms with E-state index in [4.69, 9.17) is 28.4 Å². The van der Waals surface area contributed by atoms with Crippen molar-refractivity contribution < 1.29 is 62.3 Å². The van der Waals surface area contributed by atoms with Crippen LogP contribution in [0.15, 0.2) is 24.3 Å². The van der Waals surface area contributed by atoms with Gasteiger partial charge in [0.15, 0.2) is 0 Å². The van der Waals surface area contributed by atoms with Crippen molar-refractivity contribution in [2.75, 3.05) is 65.9 Å². The molecule has 0 aliphatic carbocycles. The molecule has 4 N–H and O–H groups in total. The largest absolute Gasteiger partial charge is 0.465 e. The summed E-state index contributed by atoms with van der Waals surface area (Å²) in [6.07, 6.45) is -0.198. The van der Waals surface area contributed by atoms with Crippen LogP contribution in [0.2, 0.25) is 0 Å². The lowest BCUT2D eigenvalue weighted by Gasteiger charge is -2.30. The molecule has 0 aliphatic heterocycles. The van der Waals surface area contributed by atoms with Gasteiger partial charge in [-0.3, -0.25) is 19.2 Å². The van der Waals surface area contributed by atoms with Crippen LogP contribution in [0, 0.1) is 10.8 Å². The number of nitrogens with one attached hydrogen (secondary N) is 3. The van der Waals surface area contributed by atoms with E-state index in [1.165, 1.54) is 13.8 Å². The highest BCUT2D eigenvalue weighted by Crippen LogP contribution is 2.20. The van der Waals surface area contributed by atoms with Crippen LogP contribution in [0.25, 0.3) is 0 Å². The summed E-state index contributed by atoms with van der Waals surface area (Å²) in [6.45, 7) is 19.6. The van der Waals surface area contributed by atoms with E-state index in [2.05, 4.69) is 29.1 Å². The summed E-state index contributed by atoms with van der Waals surface area (Å²) in [4.78, 5) is 72.9. The van der Waals surface area contributed by atoms with Gasteiger partial charge in [0.25, 0.3) is 0 Å². The summed E-state index contributed by atoms with van der Waals surface area (Å²) in [7, 11) is 0. The molecule has 0 bridgehead atoms. The maximum atomic E-state index is 12.6. The van der Waals surface area contributed by atoms with Crippen LogP contribution in [0.5, 0.6) is 0 Å². The Labute approximate surface area is 307 Å². The molecule has 3 atom stereocenters. The summed E-state index contributed by atoms with van der Waals surface area (Å²) < 4.78 is 31.6. The molecule has 0 spiro atoms. The highest BCUT2D eigenvalue weighted by atomic mass is 16.6. The molecule has 0 fully saturated rings. The van der Waals surface area contributed by atoms with Crippen LogP contribution in [-0.2, 0) is 57.2 Å². The van der Waals surface area contributed by atoms with Gasteiger partial charge in [-0.05, 0) is 55.4 Å². The van der Waals surface area contributed by atoms with Gasteiger partial charge in [0.1, 0.15) is 39.6 Å². The van der Waals surface area contributed by atoms with E-state index < -0.39 is 67.1 Å². The zero-order chi connectivity index (χ0) is 39.9. The summed E-state index contributed by atoms with van der Waals surface area (Å²) in [5.41, 5.74) is -1.56. The zero-order valence-electron chi connectivity index (χ0n) is 32.2. The second kappa shape index (κ2) is 25.2. The normalized spacial score (nSPS) is 14.1. The number of hydrogen-bond acceptors (Lipinski definition) is 16. The van der Waals surface area contributed by atoms with E-state index in [-0.39, 0.29) is 94.0 Å². The van der Waals surface area contributed by atoms with E-state index >= 15 is 0 Å². The minimum absolute atomic E-state index is 0.0598. The summed E-state index contributed by atoms with van der Waals surface area (Å²) in [5.74, 6) is -3.28. The highest BCUT2D eigenvalue weighted by Gasteiger charge is 2.35. The molecule has 3 unspecified atom stereocenters. The first kappa shape index (κ1) is 48.1. The molecule has 0 aromatic rings. The number of hydrogen-bond donors (Lipinski definition) is 4. The Kier molecular flexibility index (Phi) is 23.3. The lowest BCUT2D eigenvalue weighted by Crippen LogP contribution is -2.43. The summed E-state index contributed by atoms with van der Waals surface area (Å²) in [6, 6.07) is -0.750. The monoisotopic (exact) mass is 743 g/mol. The second-order valence-electron chi connectivity index (χ2n) is 14.1. The van der Waals surface area contributed by atoms with Gasteiger partial charge in [-0.15, -0.1) is 0 Å². The first-order valence-corrected chi connectivity index (χ1v) is 17.3. The molecule has 0 amide bonds. The number of esters is 6. The molecule has 16 nitrogen and oxygen atoms in total. The molecule has 0 aliphatic rings. The number of rotatable bonds is 27. The van der Waals surface area contributed by atoms with Crippen LogP contribution >= 0.6 is 0 Å². The van der Waals surface area contributed by atoms with Gasteiger partial charge in [0.05, 0.1) is 36.7 Å². The maximum Gasteiger partial charge on any atom is 0.333 e. The molecule has 16 heteroatoms. The smallest absolute Gasteiger partial charge is 0.333 e. The van der Waals surface area contributed by atoms with Crippen molar-refractivity contribution in [3.05, 3.63) is 24.3 Å². The van der Waals surface area contributed by atoms with Crippen molar-refractivity contribution >= 4 is 35.8 Å². The third-order valence-electron chi connectivity index (χ3n) is 7.12. The SMILES string of the molecule is C=C(C)C(=O)OCC(C)NCCC(=O)OCC(CO)(COC(=O)CCNC(C)COC(=O)C(=C)C)COC(=O)CCNC(C)COC(=O)C(C)(C)C. The Morgan fingerprint density at radius 1 is 0.577 bits per heavy atom. The number of aliphatic hydroxyl groups is 1. The van der Waals surface area contributed by atoms with Gasteiger partial charge in [-0.25, -0.2) is 9.59 Å². The van der Waals surface area contributed by atoms with E-state index in [0.29, 0.717) is 0 Å². The molecule has 0 aromatic heterocycles. The van der Waals surface area contributed by atoms with Gasteiger partial charge in [-0.2, -0.15) is 0 Å². The van der Waals surface area contributed by atoms with Gasteiger partial charge < -0.3 is 49.5 Å². The molecule has 0 saturated carbocycles. The average Bonchev–Trinajstić information content (AvgIpc) is 3.07. The number of carbonyl (C=O) groups is 6. The molecular weight excluding hydrogens is 682 g/mol. The molecular formula is C36H61N3O13. The topological polar surface area (TPSA) is 214 Å². The molecule has 0 saturated heterocycles. The second-order valence-corrected chi connectivity index (χ2v) is 14.1. The molecule has 0 heterocycles. The Morgan fingerprint density at radius 3 is 1.15 bits per heavy atom. The van der Waals surface area contributed by atoms with Crippen molar-refractivity contribution in [1.82, 2.24) is 16.0 Å².